The topological polar surface area (TPSA) is 103 Å². The molecule has 1 N–H and O–H groups in total. The van der Waals surface area contributed by atoms with Gasteiger partial charge in [0.15, 0.2) is 0 Å². The molecular formula is C25H22F2N4O4S. The summed E-state index contributed by atoms with van der Waals surface area (Å²) in [5.74, 6) is -1.00. The van der Waals surface area contributed by atoms with Crippen molar-refractivity contribution in [2.75, 3.05) is 18.4 Å². The van der Waals surface area contributed by atoms with E-state index in [0.717, 1.165) is 36.1 Å². The maximum Gasteiger partial charge on any atom is 0.264 e. The van der Waals surface area contributed by atoms with Crippen LogP contribution in [0.15, 0.2) is 53.8 Å². The van der Waals surface area contributed by atoms with Crippen molar-refractivity contribution >= 4 is 26.6 Å². The van der Waals surface area contributed by atoms with Gasteiger partial charge in [-0.1, -0.05) is 0 Å². The van der Waals surface area contributed by atoms with E-state index in [1.165, 1.54) is 25.7 Å². The highest BCUT2D eigenvalue weighted by Crippen LogP contribution is 2.37. The molecule has 8 nitrogen and oxygen atoms in total. The third kappa shape index (κ3) is 4.78. The van der Waals surface area contributed by atoms with Crippen LogP contribution >= 0.6 is 0 Å². The van der Waals surface area contributed by atoms with Gasteiger partial charge in [0.25, 0.3) is 10.0 Å². The lowest BCUT2D eigenvalue weighted by molar-refractivity contribution is 0.303. The average Bonchev–Trinajstić information content (AvgIpc) is 3.67. The van der Waals surface area contributed by atoms with Crippen molar-refractivity contribution in [3.8, 4) is 22.8 Å². The van der Waals surface area contributed by atoms with Crippen molar-refractivity contribution < 1.29 is 26.7 Å². The Morgan fingerprint density at radius 3 is 2.58 bits per heavy atom. The molecule has 36 heavy (non-hydrogen) atoms. The van der Waals surface area contributed by atoms with Crippen LogP contribution in [0.25, 0.3) is 22.0 Å². The molecule has 1 aliphatic carbocycles. The number of methoxy groups -OCH3 is 1. The second kappa shape index (κ2) is 9.30. The molecule has 2 aromatic heterocycles. The Balaban J connectivity index is 1.57. The molecule has 0 unspecified atom stereocenters. The summed E-state index contributed by atoms with van der Waals surface area (Å²) >= 11 is 0. The van der Waals surface area contributed by atoms with Crippen molar-refractivity contribution in [1.82, 2.24) is 15.0 Å². The lowest BCUT2D eigenvalue weighted by Gasteiger charge is -2.15. The number of halogens is 2. The van der Waals surface area contributed by atoms with Gasteiger partial charge in [0.2, 0.25) is 5.88 Å². The number of aryl methyl sites for hydroxylation is 1. The first-order chi connectivity index (χ1) is 17.2. The zero-order chi connectivity index (χ0) is 25.4. The summed E-state index contributed by atoms with van der Waals surface area (Å²) in [6.45, 7) is 2.44. The van der Waals surface area contributed by atoms with Crippen LogP contribution < -0.4 is 14.2 Å². The SMILES string of the molecule is COc1ncc(-c2cc(OCC3CC3)c3ncnc(C)c3c2)cc1NS(=O)(=O)c1ccc(F)cc1F. The van der Waals surface area contributed by atoms with E-state index >= 15 is 0 Å². The summed E-state index contributed by atoms with van der Waals surface area (Å²) in [5.41, 5.74) is 2.66. The molecular weight excluding hydrogens is 490 g/mol. The number of aromatic nitrogens is 3. The minimum atomic E-state index is -4.41. The molecule has 0 spiro atoms. The number of sulfonamides is 1. The first-order valence-corrected chi connectivity index (χ1v) is 12.6. The zero-order valence-electron chi connectivity index (χ0n) is 19.5. The summed E-state index contributed by atoms with van der Waals surface area (Å²) in [4.78, 5) is 12.2. The molecule has 0 bridgehead atoms. The highest BCUT2D eigenvalue weighted by Gasteiger charge is 2.24. The summed E-state index contributed by atoms with van der Waals surface area (Å²) in [6, 6.07) is 7.44. The van der Waals surface area contributed by atoms with Crippen molar-refractivity contribution in [2.45, 2.75) is 24.7 Å². The number of fused-ring (bicyclic) bond motifs is 1. The fourth-order valence-corrected chi connectivity index (χ4v) is 4.88. The van der Waals surface area contributed by atoms with Gasteiger partial charge in [0.1, 0.15) is 39.8 Å². The maximum atomic E-state index is 14.2. The Bertz CT molecular complexity index is 1580. The lowest BCUT2D eigenvalue weighted by Crippen LogP contribution is -2.15. The molecule has 0 amide bonds. The number of ether oxygens (including phenoxy) is 2. The Hall–Kier alpha value is -3.86. The van der Waals surface area contributed by atoms with Gasteiger partial charge in [-0.15, -0.1) is 0 Å². The molecule has 1 fully saturated rings. The standard InChI is InChI=1S/C25H22F2N4O4S/c1-14-19-7-16(9-22(24(19)30-13-29-14)35-12-15-3-4-15)17-8-21(25(34-2)28-11-17)31-36(32,33)23-6-5-18(26)10-20(23)27/h5-11,13,15,31H,3-4,12H2,1-2H3. The van der Waals surface area contributed by atoms with Gasteiger partial charge in [0.05, 0.1) is 13.7 Å². The van der Waals surface area contributed by atoms with E-state index < -0.39 is 26.6 Å². The van der Waals surface area contributed by atoms with Crippen LogP contribution in [-0.4, -0.2) is 37.1 Å². The molecule has 11 heteroatoms. The fraction of sp³-hybridized carbons (Fsp3) is 0.240. The average molecular weight is 513 g/mol. The molecule has 2 heterocycles. The first-order valence-electron chi connectivity index (χ1n) is 11.2. The van der Waals surface area contributed by atoms with Crippen LogP contribution in [0.3, 0.4) is 0 Å². The van der Waals surface area contributed by atoms with Crippen LogP contribution in [0.2, 0.25) is 0 Å². The van der Waals surface area contributed by atoms with E-state index in [0.29, 0.717) is 41.0 Å². The van der Waals surface area contributed by atoms with Crippen LogP contribution in [0.4, 0.5) is 14.5 Å². The molecule has 1 saturated carbocycles. The van der Waals surface area contributed by atoms with Crippen molar-refractivity contribution in [3.05, 3.63) is 66.3 Å². The van der Waals surface area contributed by atoms with Gasteiger partial charge in [-0.3, -0.25) is 4.72 Å². The van der Waals surface area contributed by atoms with E-state index in [2.05, 4.69) is 19.7 Å². The van der Waals surface area contributed by atoms with E-state index in [-0.39, 0.29) is 11.6 Å². The van der Waals surface area contributed by atoms with Gasteiger partial charge in [-0.05, 0) is 61.6 Å². The number of nitrogens with zero attached hydrogens (tertiary/aromatic N) is 3. The monoisotopic (exact) mass is 512 g/mol. The molecule has 0 radical (unpaired) electrons. The van der Waals surface area contributed by atoms with Gasteiger partial charge in [-0.2, -0.15) is 0 Å². The quantitative estimate of drug-likeness (QED) is 0.359. The Morgan fingerprint density at radius 2 is 1.86 bits per heavy atom. The molecule has 0 saturated heterocycles. The number of benzene rings is 2. The number of hydrogen-bond acceptors (Lipinski definition) is 7. The Morgan fingerprint density at radius 1 is 1.06 bits per heavy atom. The van der Waals surface area contributed by atoms with Crippen molar-refractivity contribution in [2.24, 2.45) is 5.92 Å². The normalized spacial score (nSPS) is 13.6. The molecule has 0 atom stereocenters. The van der Waals surface area contributed by atoms with E-state index in [9.17, 15) is 17.2 Å². The number of nitrogens with one attached hydrogen (secondary N) is 1. The minimum absolute atomic E-state index is 0.0136. The summed E-state index contributed by atoms with van der Waals surface area (Å²) in [7, 11) is -3.08. The highest BCUT2D eigenvalue weighted by molar-refractivity contribution is 7.92. The Kier molecular flexibility index (Phi) is 6.17. The van der Waals surface area contributed by atoms with Gasteiger partial charge >= 0.3 is 0 Å². The Labute approximate surface area is 206 Å². The molecule has 0 aliphatic heterocycles. The number of rotatable bonds is 8. The number of hydrogen-bond donors (Lipinski definition) is 1. The van der Waals surface area contributed by atoms with Crippen LogP contribution in [-0.2, 0) is 10.0 Å². The minimum Gasteiger partial charge on any atom is -0.491 e. The second-order valence-corrected chi connectivity index (χ2v) is 10.2. The summed E-state index contributed by atoms with van der Waals surface area (Å²) < 4.78 is 66.9. The third-order valence-electron chi connectivity index (χ3n) is 5.88. The number of anilines is 1. The first kappa shape index (κ1) is 23.9. The third-order valence-corrected chi connectivity index (χ3v) is 7.28. The number of pyridine rings is 1. The lowest BCUT2D eigenvalue weighted by atomic mass is 10.0. The van der Waals surface area contributed by atoms with Crippen LogP contribution in [0, 0.1) is 24.5 Å². The van der Waals surface area contributed by atoms with E-state index in [1.807, 2.05) is 19.1 Å². The smallest absolute Gasteiger partial charge is 0.264 e. The molecule has 4 aromatic rings. The summed E-state index contributed by atoms with van der Waals surface area (Å²) in [6.07, 6.45) is 5.27. The second-order valence-electron chi connectivity index (χ2n) is 8.55. The predicted octanol–water partition coefficient (Wildman–Crippen LogP) is 4.88. The zero-order valence-corrected chi connectivity index (χ0v) is 20.3. The summed E-state index contributed by atoms with van der Waals surface area (Å²) in [5, 5.41) is 0.784. The molecule has 5 rings (SSSR count). The highest BCUT2D eigenvalue weighted by atomic mass is 32.2. The van der Waals surface area contributed by atoms with Crippen LogP contribution in [0.5, 0.6) is 11.6 Å². The predicted molar refractivity (Wildman–Crippen MR) is 129 cm³/mol. The fourth-order valence-electron chi connectivity index (χ4n) is 3.77. The van der Waals surface area contributed by atoms with Crippen molar-refractivity contribution in [3.63, 3.8) is 0 Å². The largest absolute Gasteiger partial charge is 0.491 e. The maximum absolute atomic E-state index is 14.2. The van der Waals surface area contributed by atoms with Gasteiger partial charge in [0, 0.05) is 28.9 Å². The van der Waals surface area contributed by atoms with Gasteiger partial charge < -0.3 is 9.47 Å². The van der Waals surface area contributed by atoms with E-state index in [4.69, 9.17) is 9.47 Å². The van der Waals surface area contributed by atoms with Crippen molar-refractivity contribution in [1.29, 1.82) is 0 Å². The molecule has 186 valence electrons. The molecule has 2 aromatic carbocycles. The van der Waals surface area contributed by atoms with Crippen LogP contribution in [0.1, 0.15) is 18.5 Å². The van der Waals surface area contributed by atoms with Gasteiger partial charge in [-0.25, -0.2) is 32.2 Å². The van der Waals surface area contributed by atoms with E-state index in [1.54, 1.807) is 0 Å². The molecule has 1 aliphatic rings.